The Labute approximate surface area is 161 Å². The van der Waals surface area contributed by atoms with Gasteiger partial charge in [0.15, 0.2) is 0 Å². The summed E-state index contributed by atoms with van der Waals surface area (Å²) in [5.74, 6) is -0.244. The molecule has 1 aliphatic rings. The molecule has 2 amide bonds. The highest BCUT2D eigenvalue weighted by atomic mass is 35.5. The normalized spacial score (nSPS) is 14.7. The minimum atomic E-state index is -0.170. The van der Waals surface area contributed by atoms with E-state index in [2.05, 4.69) is 4.98 Å². The van der Waals surface area contributed by atoms with Crippen LogP contribution in [0.4, 0.5) is 0 Å². The first-order chi connectivity index (χ1) is 12.6. The van der Waals surface area contributed by atoms with Gasteiger partial charge in [-0.1, -0.05) is 29.3 Å². The topological polar surface area (TPSA) is 53.5 Å². The van der Waals surface area contributed by atoms with Crippen LogP contribution in [-0.2, 0) is 4.79 Å². The summed E-state index contributed by atoms with van der Waals surface area (Å²) in [4.78, 5) is 32.3. The van der Waals surface area contributed by atoms with E-state index in [4.69, 9.17) is 23.2 Å². The standard InChI is InChI=1S/C19H17Cl2N3O2/c20-16-3-1-2-15(18(16)21)19(26)24-12-10-23(11-13-24)17(25)5-4-14-6-8-22-9-7-14/h1-9H,10-13H2/b5-4+. The molecule has 1 aliphatic heterocycles. The summed E-state index contributed by atoms with van der Waals surface area (Å²) >= 11 is 12.1. The second-order valence-corrected chi connectivity index (χ2v) is 6.62. The summed E-state index contributed by atoms with van der Waals surface area (Å²) < 4.78 is 0. The van der Waals surface area contributed by atoms with E-state index < -0.39 is 0 Å². The molecule has 0 saturated carbocycles. The molecular weight excluding hydrogens is 373 g/mol. The molecule has 2 heterocycles. The number of benzene rings is 1. The van der Waals surface area contributed by atoms with Gasteiger partial charge in [-0.15, -0.1) is 0 Å². The maximum atomic E-state index is 12.6. The lowest BCUT2D eigenvalue weighted by molar-refractivity contribution is -0.127. The Bertz CT molecular complexity index is 832. The van der Waals surface area contributed by atoms with E-state index in [0.29, 0.717) is 36.8 Å². The van der Waals surface area contributed by atoms with E-state index in [-0.39, 0.29) is 16.8 Å². The molecule has 0 aliphatic carbocycles. The number of piperazine rings is 1. The summed E-state index contributed by atoms with van der Waals surface area (Å²) in [5.41, 5.74) is 1.30. The Kier molecular flexibility index (Phi) is 5.91. The largest absolute Gasteiger partial charge is 0.336 e. The van der Waals surface area contributed by atoms with E-state index >= 15 is 0 Å². The van der Waals surface area contributed by atoms with Crippen molar-refractivity contribution in [3.05, 3.63) is 70.0 Å². The van der Waals surface area contributed by atoms with Crippen LogP contribution in [0.3, 0.4) is 0 Å². The molecule has 2 aromatic rings. The fourth-order valence-corrected chi connectivity index (χ4v) is 3.10. The molecule has 26 heavy (non-hydrogen) atoms. The first kappa shape index (κ1) is 18.4. The van der Waals surface area contributed by atoms with Crippen molar-refractivity contribution >= 4 is 41.1 Å². The van der Waals surface area contributed by atoms with Crippen molar-refractivity contribution in [1.29, 1.82) is 0 Å². The van der Waals surface area contributed by atoms with Gasteiger partial charge >= 0.3 is 0 Å². The first-order valence-electron chi connectivity index (χ1n) is 8.16. The summed E-state index contributed by atoms with van der Waals surface area (Å²) in [5, 5.41) is 0.616. The SMILES string of the molecule is O=C(/C=C/c1ccncc1)N1CCN(C(=O)c2cccc(Cl)c2Cl)CC1. The van der Waals surface area contributed by atoms with Crippen LogP contribution < -0.4 is 0 Å². The second kappa shape index (κ2) is 8.34. The van der Waals surface area contributed by atoms with Crippen molar-refractivity contribution in [2.75, 3.05) is 26.2 Å². The third-order valence-corrected chi connectivity index (χ3v) is 5.00. The Morgan fingerprint density at radius 1 is 0.962 bits per heavy atom. The molecule has 1 saturated heterocycles. The number of rotatable bonds is 3. The zero-order valence-electron chi connectivity index (χ0n) is 13.9. The van der Waals surface area contributed by atoms with Gasteiger partial charge in [-0.2, -0.15) is 0 Å². The van der Waals surface area contributed by atoms with Crippen LogP contribution in [-0.4, -0.2) is 52.8 Å². The molecule has 0 spiro atoms. The minimum Gasteiger partial charge on any atom is -0.336 e. The number of pyridine rings is 1. The van der Waals surface area contributed by atoms with Crippen LogP contribution in [0, 0.1) is 0 Å². The van der Waals surface area contributed by atoms with E-state index in [1.165, 1.54) is 0 Å². The fraction of sp³-hybridized carbons (Fsp3) is 0.211. The van der Waals surface area contributed by atoms with E-state index in [9.17, 15) is 9.59 Å². The van der Waals surface area contributed by atoms with Gasteiger partial charge in [-0.3, -0.25) is 14.6 Å². The number of hydrogen-bond acceptors (Lipinski definition) is 3. The van der Waals surface area contributed by atoms with Crippen LogP contribution in [0.15, 0.2) is 48.8 Å². The quantitative estimate of drug-likeness (QED) is 0.755. The number of aromatic nitrogens is 1. The second-order valence-electron chi connectivity index (χ2n) is 5.83. The van der Waals surface area contributed by atoms with E-state index in [1.807, 2.05) is 12.1 Å². The highest BCUT2D eigenvalue weighted by Gasteiger charge is 2.25. The lowest BCUT2D eigenvalue weighted by Gasteiger charge is -2.34. The van der Waals surface area contributed by atoms with Gasteiger partial charge < -0.3 is 9.80 Å². The van der Waals surface area contributed by atoms with Crippen molar-refractivity contribution in [2.45, 2.75) is 0 Å². The van der Waals surface area contributed by atoms with Crippen molar-refractivity contribution in [2.24, 2.45) is 0 Å². The van der Waals surface area contributed by atoms with Crippen molar-refractivity contribution < 1.29 is 9.59 Å². The number of carbonyl (C=O) groups is 2. The van der Waals surface area contributed by atoms with Crippen LogP contribution in [0.25, 0.3) is 6.08 Å². The van der Waals surface area contributed by atoms with E-state index in [1.54, 1.807) is 52.5 Å². The number of carbonyl (C=O) groups excluding carboxylic acids is 2. The first-order valence-corrected chi connectivity index (χ1v) is 8.92. The molecule has 0 radical (unpaired) electrons. The fourth-order valence-electron chi connectivity index (χ4n) is 2.72. The van der Waals surface area contributed by atoms with Crippen molar-refractivity contribution in [3.63, 3.8) is 0 Å². The van der Waals surface area contributed by atoms with Gasteiger partial charge in [0, 0.05) is 44.6 Å². The zero-order chi connectivity index (χ0) is 18.5. The number of amides is 2. The Morgan fingerprint density at radius 2 is 1.62 bits per heavy atom. The summed E-state index contributed by atoms with van der Waals surface area (Å²) in [6.07, 6.45) is 6.65. The number of halogens is 2. The minimum absolute atomic E-state index is 0.0744. The maximum Gasteiger partial charge on any atom is 0.255 e. The predicted molar refractivity (Wildman–Crippen MR) is 102 cm³/mol. The van der Waals surface area contributed by atoms with Crippen LogP contribution in [0.5, 0.6) is 0 Å². The van der Waals surface area contributed by atoms with Crippen LogP contribution in [0.1, 0.15) is 15.9 Å². The zero-order valence-corrected chi connectivity index (χ0v) is 15.5. The molecule has 1 aromatic carbocycles. The third-order valence-electron chi connectivity index (χ3n) is 4.19. The predicted octanol–water partition coefficient (Wildman–Crippen LogP) is 3.39. The highest BCUT2D eigenvalue weighted by Crippen LogP contribution is 2.26. The molecule has 134 valence electrons. The molecule has 0 atom stereocenters. The van der Waals surface area contributed by atoms with Crippen LogP contribution in [0.2, 0.25) is 10.0 Å². The number of hydrogen-bond donors (Lipinski definition) is 0. The maximum absolute atomic E-state index is 12.6. The molecule has 5 nitrogen and oxygen atoms in total. The number of nitrogens with zero attached hydrogens (tertiary/aromatic N) is 3. The molecule has 3 rings (SSSR count). The monoisotopic (exact) mass is 389 g/mol. The van der Waals surface area contributed by atoms with Crippen molar-refractivity contribution in [3.8, 4) is 0 Å². The summed E-state index contributed by atoms with van der Waals surface area (Å²) in [7, 11) is 0. The van der Waals surface area contributed by atoms with Crippen molar-refractivity contribution in [1.82, 2.24) is 14.8 Å². The van der Waals surface area contributed by atoms with Gasteiger partial charge in [-0.05, 0) is 35.9 Å². The molecule has 0 N–H and O–H groups in total. The Balaban J connectivity index is 1.58. The molecule has 1 fully saturated rings. The van der Waals surface area contributed by atoms with Crippen LogP contribution >= 0.6 is 23.2 Å². The van der Waals surface area contributed by atoms with Gasteiger partial charge in [-0.25, -0.2) is 0 Å². The molecular formula is C19H17Cl2N3O2. The average molecular weight is 390 g/mol. The summed E-state index contributed by atoms with van der Waals surface area (Å²) in [6, 6.07) is 8.66. The molecule has 7 heteroatoms. The Hall–Kier alpha value is -2.37. The third kappa shape index (κ3) is 4.23. The Morgan fingerprint density at radius 3 is 2.31 bits per heavy atom. The molecule has 0 bridgehead atoms. The lowest BCUT2D eigenvalue weighted by Crippen LogP contribution is -2.50. The van der Waals surface area contributed by atoms with E-state index in [0.717, 1.165) is 5.56 Å². The van der Waals surface area contributed by atoms with Gasteiger partial charge in [0.1, 0.15) is 0 Å². The van der Waals surface area contributed by atoms with Gasteiger partial charge in [0.05, 0.1) is 15.6 Å². The summed E-state index contributed by atoms with van der Waals surface area (Å²) in [6.45, 7) is 1.86. The average Bonchev–Trinajstić information content (AvgIpc) is 2.68. The highest BCUT2D eigenvalue weighted by molar-refractivity contribution is 6.43. The smallest absolute Gasteiger partial charge is 0.255 e. The molecule has 1 aromatic heterocycles. The van der Waals surface area contributed by atoms with Gasteiger partial charge in [0.25, 0.3) is 5.91 Å². The lowest BCUT2D eigenvalue weighted by atomic mass is 10.1. The molecule has 0 unspecified atom stereocenters. The van der Waals surface area contributed by atoms with Gasteiger partial charge in [0.2, 0.25) is 5.91 Å².